The van der Waals surface area contributed by atoms with Crippen LogP contribution in [0.4, 0.5) is 0 Å². The quantitative estimate of drug-likeness (QED) is 0.529. The molecule has 2 aromatic carbocycles. The number of nitrogens with zero attached hydrogens (tertiary/aromatic N) is 3. The van der Waals surface area contributed by atoms with Gasteiger partial charge in [-0.2, -0.15) is 0 Å². The van der Waals surface area contributed by atoms with Crippen LogP contribution >= 0.6 is 23.5 Å². The molecule has 0 N–H and O–H groups in total. The van der Waals surface area contributed by atoms with Crippen molar-refractivity contribution in [2.75, 3.05) is 38.6 Å². The fourth-order valence-corrected chi connectivity index (χ4v) is 5.66. The van der Waals surface area contributed by atoms with E-state index in [9.17, 15) is 0 Å². The molecule has 0 amide bonds. The van der Waals surface area contributed by atoms with Crippen LogP contribution in [0, 0.1) is 0 Å². The second-order valence-electron chi connectivity index (χ2n) is 7.16. The van der Waals surface area contributed by atoms with Crippen molar-refractivity contribution in [2.45, 2.75) is 10.5 Å². The molecule has 7 heteroatoms. The topological polar surface area (TPSA) is 50.9 Å². The molecule has 1 saturated heterocycles. The fraction of sp³-hybridized carbons (Fsp3) is 0.304. The predicted molar refractivity (Wildman–Crippen MR) is 124 cm³/mol. The monoisotopic (exact) mass is 437 g/mol. The minimum Gasteiger partial charge on any atom is -0.431 e. The van der Waals surface area contributed by atoms with Gasteiger partial charge in [-0.05, 0) is 0 Å². The molecule has 5 nitrogen and oxygen atoms in total. The number of benzene rings is 2. The van der Waals surface area contributed by atoms with Crippen molar-refractivity contribution in [3.8, 4) is 22.6 Å². The van der Waals surface area contributed by atoms with Gasteiger partial charge in [0, 0.05) is 35.2 Å². The van der Waals surface area contributed by atoms with Crippen LogP contribution in [0.3, 0.4) is 0 Å². The number of amidine groups is 1. The number of thioether (sulfide) groups is 2. The normalized spacial score (nSPS) is 19.1. The third-order valence-electron chi connectivity index (χ3n) is 5.07. The van der Waals surface area contributed by atoms with Gasteiger partial charge in [0.2, 0.25) is 0 Å². The molecule has 1 atom stereocenters. The highest BCUT2D eigenvalue weighted by Gasteiger charge is 2.26. The van der Waals surface area contributed by atoms with Gasteiger partial charge >= 0.3 is 0 Å². The van der Waals surface area contributed by atoms with Crippen molar-refractivity contribution < 1.29 is 9.15 Å². The lowest BCUT2D eigenvalue weighted by atomic mass is 10.1. The predicted octanol–water partition coefficient (Wildman–Crippen LogP) is 4.90. The van der Waals surface area contributed by atoms with Gasteiger partial charge in [0.05, 0.1) is 19.8 Å². The molecule has 3 heterocycles. The maximum atomic E-state index is 6.24. The van der Waals surface area contributed by atoms with Crippen LogP contribution in [-0.4, -0.2) is 58.9 Å². The van der Waals surface area contributed by atoms with Gasteiger partial charge in [0.15, 0.2) is 10.9 Å². The van der Waals surface area contributed by atoms with E-state index in [1.807, 2.05) is 48.2 Å². The Morgan fingerprint density at radius 3 is 2.40 bits per heavy atom. The maximum absolute atomic E-state index is 6.24. The van der Waals surface area contributed by atoms with Crippen molar-refractivity contribution in [1.82, 2.24) is 9.88 Å². The molecule has 2 aliphatic heterocycles. The van der Waals surface area contributed by atoms with Crippen LogP contribution in [0.25, 0.3) is 22.6 Å². The molecule has 0 aliphatic carbocycles. The summed E-state index contributed by atoms with van der Waals surface area (Å²) in [6, 6.07) is 20.4. The first-order chi connectivity index (χ1) is 14.9. The first-order valence-electron chi connectivity index (χ1n) is 10.1. The summed E-state index contributed by atoms with van der Waals surface area (Å²) in [5.74, 6) is 1.75. The number of hydrogen-bond acceptors (Lipinski definition) is 7. The van der Waals surface area contributed by atoms with E-state index in [0.29, 0.717) is 10.5 Å². The Kier molecular flexibility index (Phi) is 6.11. The minimum absolute atomic E-state index is 0.445. The molecule has 2 aliphatic rings. The second kappa shape index (κ2) is 9.29. The fourth-order valence-electron chi connectivity index (χ4n) is 3.52. The zero-order valence-electron chi connectivity index (χ0n) is 16.6. The summed E-state index contributed by atoms with van der Waals surface area (Å²) in [6.07, 6.45) is 0. The van der Waals surface area contributed by atoms with Crippen molar-refractivity contribution in [1.29, 1.82) is 0 Å². The summed E-state index contributed by atoms with van der Waals surface area (Å²) < 4.78 is 11.7. The van der Waals surface area contributed by atoms with E-state index in [1.165, 1.54) is 0 Å². The largest absolute Gasteiger partial charge is 0.431 e. The lowest BCUT2D eigenvalue weighted by Gasteiger charge is -2.28. The van der Waals surface area contributed by atoms with Gasteiger partial charge in [0.25, 0.3) is 5.22 Å². The number of rotatable bonds is 5. The lowest BCUT2D eigenvalue weighted by Crippen LogP contribution is -2.39. The Hall–Kier alpha value is -2.22. The number of oxazole rings is 1. The molecule has 0 saturated carbocycles. The summed E-state index contributed by atoms with van der Waals surface area (Å²) in [5.41, 5.74) is 3.01. The van der Waals surface area contributed by atoms with E-state index in [4.69, 9.17) is 19.1 Å². The van der Waals surface area contributed by atoms with Gasteiger partial charge in [-0.1, -0.05) is 84.2 Å². The smallest absolute Gasteiger partial charge is 0.256 e. The van der Waals surface area contributed by atoms with Crippen molar-refractivity contribution in [3.05, 3.63) is 60.7 Å². The highest BCUT2D eigenvalue weighted by atomic mass is 32.2. The Balaban J connectivity index is 1.29. The van der Waals surface area contributed by atoms with E-state index in [1.54, 1.807) is 11.8 Å². The summed E-state index contributed by atoms with van der Waals surface area (Å²) in [4.78, 5) is 11.9. The van der Waals surface area contributed by atoms with E-state index in [0.717, 1.165) is 66.3 Å². The standard InChI is InChI=1S/C23H23N3O2S2/c1-3-7-17(8-4-1)20-21(18-9-5-2-6-10-18)28-23(25-20)29-16-19-15-24-22(30-19)26-11-13-27-14-12-26/h1-10,19H,11-16H2. The zero-order valence-corrected chi connectivity index (χ0v) is 18.2. The Morgan fingerprint density at radius 1 is 0.967 bits per heavy atom. The van der Waals surface area contributed by atoms with Crippen molar-refractivity contribution in [2.24, 2.45) is 4.99 Å². The Morgan fingerprint density at radius 2 is 1.67 bits per heavy atom. The second-order valence-corrected chi connectivity index (χ2v) is 9.40. The Labute approximate surface area is 184 Å². The Bertz CT molecular complexity index is 945. The van der Waals surface area contributed by atoms with Crippen LogP contribution < -0.4 is 0 Å². The summed E-state index contributed by atoms with van der Waals surface area (Å²) in [7, 11) is 0. The SMILES string of the molecule is c1ccc(-c2nc(SCC3CN=C(N4CCOCC4)S3)oc2-c2ccccc2)cc1. The molecule has 5 rings (SSSR count). The third-order valence-corrected chi connectivity index (χ3v) is 7.52. The van der Waals surface area contributed by atoms with Crippen LogP contribution in [0.5, 0.6) is 0 Å². The molecule has 0 radical (unpaired) electrons. The van der Waals surface area contributed by atoms with E-state index >= 15 is 0 Å². The maximum Gasteiger partial charge on any atom is 0.256 e. The molecule has 1 unspecified atom stereocenters. The molecule has 1 aromatic heterocycles. The highest BCUT2D eigenvalue weighted by molar-refractivity contribution is 8.15. The van der Waals surface area contributed by atoms with Crippen LogP contribution in [0.1, 0.15) is 0 Å². The molecule has 3 aromatic rings. The van der Waals surface area contributed by atoms with E-state index < -0.39 is 0 Å². The molecule has 154 valence electrons. The average molecular weight is 438 g/mol. The molecule has 0 bridgehead atoms. The number of aliphatic imine (C=N–C) groups is 1. The van der Waals surface area contributed by atoms with Crippen LogP contribution in [0.2, 0.25) is 0 Å². The molecular formula is C23H23N3O2S2. The first-order valence-corrected chi connectivity index (χ1v) is 12.0. The van der Waals surface area contributed by atoms with Crippen LogP contribution in [-0.2, 0) is 4.74 Å². The zero-order chi connectivity index (χ0) is 20.2. The van der Waals surface area contributed by atoms with Gasteiger partial charge < -0.3 is 14.1 Å². The van der Waals surface area contributed by atoms with Gasteiger partial charge in [0.1, 0.15) is 5.69 Å². The van der Waals surface area contributed by atoms with Gasteiger partial charge in [-0.15, -0.1) is 0 Å². The lowest BCUT2D eigenvalue weighted by molar-refractivity contribution is 0.0693. The number of hydrogen-bond donors (Lipinski definition) is 0. The minimum atomic E-state index is 0.445. The summed E-state index contributed by atoms with van der Waals surface area (Å²) in [6.45, 7) is 4.31. The molecular weight excluding hydrogens is 414 g/mol. The van der Waals surface area contributed by atoms with Gasteiger partial charge in [-0.25, -0.2) is 4.98 Å². The van der Waals surface area contributed by atoms with Crippen molar-refractivity contribution in [3.63, 3.8) is 0 Å². The van der Waals surface area contributed by atoms with Gasteiger partial charge in [-0.3, -0.25) is 4.99 Å². The summed E-state index contributed by atoms with van der Waals surface area (Å²) >= 11 is 3.55. The average Bonchev–Trinajstić information content (AvgIpc) is 3.47. The third kappa shape index (κ3) is 4.43. The molecule has 1 fully saturated rings. The number of aromatic nitrogens is 1. The molecule has 0 spiro atoms. The highest BCUT2D eigenvalue weighted by Crippen LogP contribution is 2.37. The molecule has 30 heavy (non-hydrogen) atoms. The first kappa shape index (κ1) is 19.7. The number of morpholine rings is 1. The number of ether oxygens (including phenoxy) is 1. The summed E-state index contributed by atoms with van der Waals surface area (Å²) in [5, 5.41) is 2.32. The van der Waals surface area contributed by atoms with E-state index in [-0.39, 0.29) is 0 Å². The van der Waals surface area contributed by atoms with E-state index in [2.05, 4.69) is 29.2 Å². The van der Waals surface area contributed by atoms with Crippen molar-refractivity contribution >= 4 is 28.7 Å². The van der Waals surface area contributed by atoms with Crippen LogP contribution in [0.15, 0.2) is 75.3 Å².